The fraction of sp³-hybridized carbons (Fsp3) is 0.889. The molecule has 0 unspecified atom stereocenters. The molecule has 3 nitrogen and oxygen atoms in total. The highest BCUT2D eigenvalue weighted by Gasteiger charge is 2.40. The first kappa shape index (κ1) is 11.6. The zero-order chi connectivity index (χ0) is 10.2. The normalized spacial score (nSPS) is 13.0. The maximum Gasteiger partial charge on any atom is 0.531 e. The molecular weight excluding hydrogens is 150 g/mol. The molecular formula is C9H24N3+3. The van der Waals surface area contributed by atoms with Gasteiger partial charge in [-0.2, -0.15) is 8.97 Å². The molecule has 0 aliphatic rings. The molecule has 0 saturated carbocycles. The van der Waals surface area contributed by atoms with Gasteiger partial charge in [-0.25, -0.2) is 0 Å². The molecule has 0 spiro atoms. The van der Waals surface area contributed by atoms with E-state index in [9.17, 15) is 0 Å². The number of hydrogen-bond donors (Lipinski definition) is 0. The average Bonchev–Trinajstić information content (AvgIpc) is 1.49. The van der Waals surface area contributed by atoms with Gasteiger partial charge in [0, 0.05) is 0 Å². The standard InChI is InChI=1S/C9H24N3/c1-10(2)9(11(3,4)5)12(6,7)8/h1-8H3/q+3. The monoisotopic (exact) mass is 174 g/mol. The Morgan fingerprint density at radius 2 is 1.00 bits per heavy atom. The second-order valence-corrected chi connectivity index (χ2v) is 5.22. The minimum Gasteiger partial charge on any atom is -0.193 e. The van der Waals surface area contributed by atoms with Crippen LogP contribution < -0.4 is 0 Å². The third-order valence-electron chi connectivity index (χ3n) is 1.60. The second-order valence-electron chi connectivity index (χ2n) is 5.22. The molecule has 72 valence electrons. The van der Waals surface area contributed by atoms with Gasteiger partial charge in [0.2, 0.25) is 0 Å². The lowest BCUT2D eigenvalue weighted by Crippen LogP contribution is -2.60. The minimum absolute atomic E-state index is 0.872. The van der Waals surface area contributed by atoms with Gasteiger partial charge in [0.05, 0.1) is 42.3 Å². The highest BCUT2D eigenvalue weighted by Crippen LogP contribution is 2.03. The lowest BCUT2D eigenvalue weighted by Gasteiger charge is -2.28. The fourth-order valence-electron chi connectivity index (χ4n) is 2.10. The molecule has 0 atom stereocenters. The van der Waals surface area contributed by atoms with Crippen molar-refractivity contribution in [3.63, 3.8) is 0 Å². The molecule has 0 fully saturated rings. The summed E-state index contributed by atoms with van der Waals surface area (Å²) in [5.74, 6) is 1.37. The van der Waals surface area contributed by atoms with Gasteiger partial charge < -0.3 is 0 Å². The van der Waals surface area contributed by atoms with Gasteiger partial charge >= 0.3 is 5.96 Å². The second kappa shape index (κ2) is 3.15. The van der Waals surface area contributed by atoms with Crippen LogP contribution in [0, 0.1) is 0 Å². The van der Waals surface area contributed by atoms with Crippen molar-refractivity contribution >= 4 is 5.96 Å². The van der Waals surface area contributed by atoms with E-state index in [1.54, 1.807) is 0 Å². The molecule has 0 heterocycles. The maximum atomic E-state index is 2.19. The van der Waals surface area contributed by atoms with E-state index in [-0.39, 0.29) is 0 Å². The first-order valence-electron chi connectivity index (χ1n) is 4.25. The number of nitrogens with zero attached hydrogens (tertiary/aromatic N) is 3. The van der Waals surface area contributed by atoms with Crippen LogP contribution >= 0.6 is 0 Å². The maximum absolute atomic E-state index is 2.19. The van der Waals surface area contributed by atoms with Crippen molar-refractivity contribution in [2.75, 3.05) is 56.4 Å². The Morgan fingerprint density at radius 3 is 1.00 bits per heavy atom. The summed E-state index contributed by atoms with van der Waals surface area (Å²) in [6.45, 7) is 0. The molecule has 0 radical (unpaired) electrons. The van der Waals surface area contributed by atoms with Crippen LogP contribution in [0.3, 0.4) is 0 Å². The molecule has 0 aromatic carbocycles. The lowest BCUT2D eigenvalue weighted by molar-refractivity contribution is -0.937. The molecule has 0 aliphatic carbocycles. The third-order valence-corrected chi connectivity index (χ3v) is 1.60. The summed E-state index contributed by atoms with van der Waals surface area (Å²) in [6.07, 6.45) is 0. The molecule has 0 aliphatic heterocycles. The van der Waals surface area contributed by atoms with Gasteiger partial charge in [0.1, 0.15) is 14.1 Å². The van der Waals surface area contributed by atoms with Crippen molar-refractivity contribution in [2.24, 2.45) is 0 Å². The van der Waals surface area contributed by atoms with E-state index in [1.807, 2.05) is 0 Å². The van der Waals surface area contributed by atoms with Crippen LogP contribution in [-0.4, -0.2) is 75.9 Å². The molecule has 0 amide bonds. The predicted octanol–water partition coefficient (Wildman–Crippen LogP) is 0.0269. The highest BCUT2D eigenvalue weighted by atomic mass is 15.5. The summed E-state index contributed by atoms with van der Waals surface area (Å²) in [4.78, 5) is 0. The van der Waals surface area contributed by atoms with E-state index >= 15 is 0 Å². The molecule has 0 aromatic rings. The average molecular weight is 174 g/mol. The van der Waals surface area contributed by atoms with Crippen molar-refractivity contribution in [1.82, 2.24) is 0 Å². The van der Waals surface area contributed by atoms with Crippen LogP contribution in [0.1, 0.15) is 0 Å². The van der Waals surface area contributed by atoms with Crippen LogP contribution in [-0.2, 0) is 0 Å². The van der Waals surface area contributed by atoms with Crippen molar-refractivity contribution in [1.29, 1.82) is 0 Å². The van der Waals surface area contributed by atoms with Gasteiger partial charge in [-0.05, 0) is 0 Å². The molecule has 0 aromatic heterocycles. The smallest absolute Gasteiger partial charge is 0.193 e. The van der Waals surface area contributed by atoms with Gasteiger partial charge in [0.25, 0.3) is 0 Å². The largest absolute Gasteiger partial charge is 0.531 e. The summed E-state index contributed by atoms with van der Waals surface area (Å²) in [7, 11) is 17.4. The number of quaternary nitrogens is 2. The van der Waals surface area contributed by atoms with Crippen molar-refractivity contribution in [2.45, 2.75) is 0 Å². The van der Waals surface area contributed by atoms with E-state index in [4.69, 9.17) is 0 Å². The Kier molecular flexibility index (Phi) is 3.04. The van der Waals surface area contributed by atoms with Gasteiger partial charge in [-0.1, -0.05) is 0 Å². The number of guanidine groups is 1. The summed E-state index contributed by atoms with van der Waals surface area (Å²) in [5.41, 5.74) is 0. The summed E-state index contributed by atoms with van der Waals surface area (Å²) >= 11 is 0. The van der Waals surface area contributed by atoms with Gasteiger partial charge in [-0.3, -0.25) is 0 Å². The van der Waals surface area contributed by atoms with Crippen LogP contribution in [0.5, 0.6) is 0 Å². The van der Waals surface area contributed by atoms with Crippen LogP contribution in [0.25, 0.3) is 0 Å². The fourth-order valence-corrected chi connectivity index (χ4v) is 2.10. The Morgan fingerprint density at radius 1 is 0.750 bits per heavy atom. The van der Waals surface area contributed by atoms with Crippen LogP contribution in [0.15, 0.2) is 0 Å². The molecule has 0 rings (SSSR count). The third kappa shape index (κ3) is 2.91. The van der Waals surface area contributed by atoms with E-state index in [1.165, 1.54) is 5.96 Å². The van der Waals surface area contributed by atoms with E-state index < -0.39 is 0 Å². The van der Waals surface area contributed by atoms with Crippen molar-refractivity contribution in [3.05, 3.63) is 0 Å². The summed E-state index contributed by atoms with van der Waals surface area (Å²) in [5, 5.41) is 0. The Balaban J connectivity index is 5.13. The molecule has 3 heteroatoms. The highest BCUT2D eigenvalue weighted by molar-refractivity contribution is 5.59. The Labute approximate surface area is 76.7 Å². The quantitative estimate of drug-likeness (QED) is 0.211. The molecule has 0 N–H and O–H groups in total. The first-order valence-corrected chi connectivity index (χ1v) is 4.25. The molecule has 12 heavy (non-hydrogen) atoms. The zero-order valence-electron chi connectivity index (χ0n) is 9.84. The van der Waals surface area contributed by atoms with Gasteiger partial charge in [-0.15, -0.1) is 4.58 Å². The Hall–Kier alpha value is -0.410. The summed E-state index contributed by atoms with van der Waals surface area (Å²) < 4.78 is 3.94. The zero-order valence-corrected chi connectivity index (χ0v) is 9.84. The van der Waals surface area contributed by atoms with Gasteiger partial charge in [0.15, 0.2) is 0 Å². The summed E-state index contributed by atoms with van der Waals surface area (Å²) in [6, 6.07) is 0. The lowest BCUT2D eigenvalue weighted by atomic mass is 10.5. The van der Waals surface area contributed by atoms with E-state index in [0.29, 0.717) is 0 Å². The first-order chi connectivity index (χ1) is 5.07. The SMILES string of the molecule is C[N+](C)=C([N+](C)(C)C)[N+](C)(C)C. The topological polar surface area (TPSA) is 3.01 Å². The number of rotatable bonds is 0. The van der Waals surface area contributed by atoms with Crippen LogP contribution in [0.2, 0.25) is 0 Å². The van der Waals surface area contributed by atoms with E-state index in [2.05, 4.69) is 61.0 Å². The predicted molar refractivity (Wildman–Crippen MR) is 53.2 cm³/mol. The Bertz CT molecular complexity index is 171. The van der Waals surface area contributed by atoms with Crippen LogP contribution in [0.4, 0.5) is 0 Å². The molecule has 0 bridgehead atoms. The van der Waals surface area contributed by atoms with E-state index in [0.717, 1.165) is 8.97 Å². The molecule has 0 saturated heterocycles. The number of hydrogen-bond acceptors (Lipinski definition) is 0. The minimum atomic E-state index is 0.872. The van der Waals surface area contributed by atoms with Crippen molar-refractivity contribution < 1.29 is 13.5 Å². The van der Waals surface area contributed by atoms with Crippen molar-refractivity contribution in [3.8, 4) is 0 Å².